The number of hydrogen-bond acceptors (Lipinski definition) is 4. The van der Waals surface area contributed by atoms with Crippen LogP contribution in [-0.2, 0) is 4.74 Å². The van der Waals surface area contributed by atoms with Gasteiger partial charge in [0.2, 0.25) is 0 Å². The first kappa shape index (κ1) is 9.57. The maximum absolute atomic E-state index is 10.0. The highest BCUT2D eigenvalue weighted by atomic mass is 16.6. The third kappa shape index (κ3) is 4.15. The van der Waals surface area contributed by atoms with Crippen molar-refractivity contribution in [2.75, 3.05) is 0 Å². The van der Waals surface area contributed by atoms with E-state index in [0.717, 1.165) is 19.3 Å². The second-order valence-corrected chi connectivity index (χ2v) is 2.68. The van der Waals surface area contributed by atoms with Crippen LogP contribution in [0, 0.1) is 0 Å². The molecular formula is C8H12N2O3. The molecule has 0 bridgehead atoms. The fourth-order valence-corrected chi connectivity index (χ4v) is 0.829. The SMILES string of the molecule is NC(=O)OC1CCC1.c1cnoc1. The molecule has 1 aromatic heterocycles. The Labute approximate surface area is 75.8 Å². The quantitative estimate of drug-likeness (QED) is 0.713. The second kappa shape index (κ2) is 5.18. The highest BCUT2D eigenvalue weighted by Crippen LogP contribution is 2.21. The van der Waals surface area contributed by atoms with Crippen LogP contribution in [0.4, 0.5) is 4.79 Å². The molecule has 0 aliphatic heterocycles. The molecule has 0 unspecified atom stereocenters. The summed E-state index contributed by atoms with van der Waals surface area (Å²) in [6.07, 6.45) is 5.73. The number of nitrogens with two attached hydrogens (primary N) is 1. The Morgan fingerprint density at radius 2 is 2.38 bits per heavy atom. The minimum atomic E-state index is -0.644. The van der Waals surface area contributed by atoms with Gasteiger partial charge in [0.25, 0.3) is 0 Å². The van der Waals surface area contributed by atoms with Crippen molar-refractivity contribution in [2.24, 2.45) is 5.73 Å². The van der Waals surface area contributed by atoms with Gasteiger partial charge >= 0.3 is 6.09 Å². The number of carbonyl (C=O) groups is 1. The lowest BCUT2D eigenvalue weighted by Gasteiger charge is -2.23. The number of primary amides is 1. The van der Waals surface area contributed by atoms with Crippen molar-refractivity contribution in [3.63, 3.8) is 0 Å². The van der Waals surface area contributed by atoms with E-state index in [1.165, 1.54) is 6.26 Å². The molecule has 0 atom stereocenters. The van der Waals surface area contributed by atoms with Crippen LogP contribution >= 0.6 is 0 Å². The number of amides is 1. The Kier molecular flexibility index (Phi) is 3.81. The van der Waals surface area contributed by atoms with E-state index in [1.54, 1.807) is 12.3 Å². The summed E-state index contributed by atoms with van der Waals surface area (Å²) in [7, 11) is 0. The molecule has 2 N–H and O–H groups in total. The molecule has 13 heavy (non-hydrogen) atoms. The molecule has 5 heteroatoms. The average molecular weight is 184 g/mol. The molecule has 0 radical (unpaired) electrons. The summed E-state index contributed by atoms with van der Waals surface area (Å²) in [4.78, 5) is 10.0. The zero-order valence-electron chi connectivity index (χ0n) is 7.18. The van der Waals surface area contributed by atoms with Gasteiger partial charge in [0.05, 0.1) is 6.20 Å². The first-order chi connectivity index (χ1) is 6.29. The fraction of sp³-hybridized carbons (Fsp3) is 0.500. The largest absolute Gasteiger partial charge is 0.446 e. The van der Waals surface area contributed by atoms with Gasteiger partial charge in [0.15, 0.2) is 0 Å². The van der Waals surface area contributed by atoms with Gasteiger partial charge in [-0.2, -0.15) is 0 Å². The number of rotatable bonds is 1. The first-order valence-electron chi connectivity index (χ1n) is 4.09. The van der Waals surface area contributed by atoms with Crippen molar-refractivity contribution < 1.29 is 14.1 Å². The van der Waals surface area contributed by atoms with Gasteiger partial charge in [0.1, 0.15) is 12.4 Å². The van der Waals surface area contributed by atoms with Crippen molar-refractivity contribution in [2.45, 2.75) is 25.4 Å². The van der Waals surface area contributed by atoms with Crippen LogP contribution in [0.2, 0.25) is 0 Å². The summed E-state index contributed by atoms with van der Waals surface area (Å²) in [5.74, 6) is 0. The maximum Gasteiger partial charge on any atom is 0.404 e. The Bertz CT molecular complexity index is 214. The molecule has 0 saturated heterocycles. The molecule has 1 aliphatic carbocycles. The molecular weight excluding hydrogens is 172 g/mol. The van der Waals surface area contributed by atoms with E-state index in [4.69, 9.17) is 5.73 Å². The van der Waals surface area contributed by atoms with Crippen molar-refractivity contribution in [1.29, 1.82) is 0 Å². The summed E-state index contributed by atoms with van der Waals surface area (Å²) in [5.41, 5.74) is 4.74. The molecule has 1 saturated carbocycles. The summed E-state index contributed by atoms with van der Waals surface area (Å²) < 4.78 is 8.96. The second-order valence-electron chi connectivity index (χ2n) is 2.68. The monoisotopic (exact) mass is 184 g/mol. The Hall–Kier alpha value is -1.52. The van der Waals surface area contributed by atoms with Crippen LogP contribution in [0.3, 0.4) is 0 Å². The van der Waals surface area contributed by atoms with E-state index in [0.29, 0.717) is 0 Å². The van der Waals surface area contributed by atoms with Crippen LogP contribution in [-0.4, -0.2) is 17.4 Å². The number of ether oxygens (including phenoxy) is 1. The normalized spacial score (nSPS) is 15.1. The topological polar surface area (TPSA) is 78.4 Å². The lowest BCUT2D eigenvalue weighted by molar-refractivity contribution is 0.0591. The molecule has 72 valence electrons. The predicted octanol–water partition coefficient (Wildman–Crippen LogP) is 1.31. The Morgan fingerprint density at radius 1 is 1.62 bits per heavy atom. The van der Waals surface area contributed by atoms with Crippen molar-refractivity contribution in [1.82, 2.24) is 5.16 Å². The molecule has 0 aromatic carbocycles. The highest BCUT2D eigenvalue weighted by molar-refractivity contribution is 5.64. The molecule has 1 aromatic rings. The van der Waals surface area contributed by atoms with Crippen LogP contribution < -0.4 is 5.73 Å². The Morgan fingerprint density at radius 3 is 2.54 bits per heavy atom. The summed E-state index contributed by atoms with van der Waals surface area (Å²) >= 11 is 0. The van der Waals surface area contributed by atoms with E-state index >= 15 is 0 Å². The van der Waals surface area contributed by atoms with Crippen LogP contribution in [0.15, 0.2) is 23.0 Å². The highest BCUT2D eigenvalue weighted by Gasteiger charge is 2.19. The minimum Gasteiger partial charge on any atom is -0.446 e. The van der Waals surface area contributed by atoms with Crippen LogP contribution in [0.25, 0.3) is 0 Å². The van der Waals surface area contributed by atoms with E-state index < -0.39 is 6.09 Å². The Balaban J connectivity index is 0.000000145. The van der Waals surface area contributed by atoms with Gasteiger partial charge in [-0.25, -0.2) is 4.79 Å². The summed E-state index contributed by atoms with van der Waals surface area (Å²) in [5, 5.41) is 3.35. The number of hydrogen-bond donors (Lipinski definition) is 1. The van der Waals surface area contributed by atoms with E-state index in [1.807, 2.05) is 0 Å². The number of nitrogens with zero attached hydrogens (tertiary/aromatic N) is 1. The summed E-state index contributed by atoms with van der Waals surface area (Å²) in [6.45, 7) is 0. The van der Waals surface area contributed by atoms with Gasteiger partial charge in [0, 0.05) is 0 Å². The molecule has 2 rings (SSSR count). The van der Waals surface area contributed by atoms with E-state index in [2.05, 4.69) is 14.4 Å². The predicted molar refractivity (Wildman–Crippen MR) is 44.8 cm³/mol. The van der Waals surface area contributed by atoms with E-state index in [-0.39, 0.29) is 6.10 Å². The van der Waals surface area contributed by atoms with Crippen molar-refractivity contribution in [3.8, 4) is 0 Å². The van der Waals surface area contributed by atoms with Crippen molar-refractivity contribution in [3.05, 3.63) is 18.5 Å². The van der Waals surface area contributed by atoms with Gasteiger partial charge in [-0.15, -0.1) is 0 Å². The molecule has 1 aliphatic rings. The molecule has 1 amide bonds. The lowest BCUT2D eigenvalue weighted by atomic mass is 9.96. The first-order valence-corrected chi connectivity index (χ1v) is 4.09. The third-order valence-electron chi connectivity index (χ3n) is 1.68. The average Bonchev–Trinajstić information content (AvgIpc) is 2.53. The minimum absolute atomic E-state index is 0.132. The van der Waals surface area contributed by atoms with Gasteiger partial charge in [-0.05, 0) is 25.3 Å². The maximum atomic E-state index is 10.0. The fourth-order valence-electron chi connectivity index (χ4n) is 0.829. The lowest BCUT2D eigenvalue weighted by Crippen LogP contribution is -2.27. The zero-order chi connectivity index (χ0) is 9.52. The zero-order valence-corrected chi connectivity index (χ0v) is 7.18. The van der Waals surface area contributed by atoms with Crippen LogP contribution in [0.1, 0.15) is 19.3 Å². The van der Waals surface area contributed by atoms with Gasteiger partial charge < -0.3 is 15.0 Å². The number of carbonyl (C=O) groups excluding carboxylic acids is 1. The smallest absolute Gasteiger partial charge is 0.404 e. The van der Waals surface area contributed by atoms with Gasteiger partial charge in [-0.1, -0.05) is 5.16 Å². The molecule has 1 heterocycles. The standard InChI is InChI=1S/C5H9NO2.C3H3NO/c6-5(7)8-4-2-1-3-4;1-2-4-5-3-1/h4H,1-3H2,(H2,6,7);1-3H. The summed E-state index contributed by atoms with van der Waals surface area (Å²) in [6, 6.07) is 1.72. The molecule has 0 spiro atoms. The third-order valence-corrected chi connectivity index (χ3v) is 1.68. The number of aromatic nitrogens is 1. The van der Waals surface area contributed by atoms with E-state index in [9.17, 15) is 4.79 Å². The van der Waals surface area contributed by atoms with Gasteiger partial charge in [-0.3, -0.25) is 0 Å². The van der Waals surface area contributed by atoms with Crippen molar-refractivity contribution >= 4 is 6.09 Å². The molecule has 5 nitrogen and oxygen atoms in total. The molecule has 1 fully saturated rings. The van der Waals surface area contributed by atoms with Crippen LogP contribution in [0.5, 0.6) is 0 Å².